The quantitative estimate of drug-likeness (QED) is 0.518. The zero-order chi connectivity index (χ0) is 22.5. The van der Waals surface area contributed by atoms with Crippen LogP contribution in [0.5, 0.6) is 0 Å². The number of rotatable bonds is 6. The molecule has 0 saturated heterocycles. The van der Waals surface area contributed by atoms with Gasteiger partial charge in [-0.1, -0.05) is 11.2 Å². The van der Waals surface area contributed by atoms with Crippen LogP contribution in [0, 0.1) is 18.3 Å². The van der Waals surface area contributed by atoms with E-state index in [0.717, 1.165) is 15.3 Å². The predicted octanol–water partition coefficient (Wildman–Crippen LogP) is 4.41. The Balaban J connectivity index is 1.35. The van der Waals surface area contributed by atoms with Crippen LogP contribution in [0.4, 0.5) is 9.80 Å². The summed E-state index contributed by atoms with van der Waals surface area (Å²) >= 11 is 2.90. The Morgan fingerprint density at radius 3 is 3.06 bits per heavy atom. The van der Waals surface area contributed by atoms with Crippen molar-refractivity contribution in [3.63, 3.8) is 0 Å². The molecule has 4 rings (SSSR count). The van der Waals surface area contributed by atoms with E-state index in [4.69, 9.17) is 9.26 Å². The average molecular weight is 469 g/mol. The number of ether oxygens (including phenoxy) is 1. The van der Waals surface area contributed by atoms with Gasteiger partial charge in [0, 0.05) is 28.3 Å². The molecule has 10 heteroatoms. The first kappa shape index (κ1) is 21.8. The van der Waals surface area contributed by atoms with E-state index in [1.165, 1.54) is 28.7 Å². The van der Waals surface area contributed by atoms with Crippen LogP contribution < -0.4 is 10.6 Å². The van der Waals surface area contributed by atoms with Gasteiger partial charge in [-0.3, -0.25) is 4.79 Å². The maximum absolute atomic E-state index is 12.3. The number of fused-ring (bicyclic) bond motifs is 1. The van der Waals surface area contributed by atoms with E-state index in [1.54, 1.807) is 19.1 Å². The highest BCUT2D eigenvalue weighted by molar-refractivity contribution is 7.16. The van der Waals surface area contributed by atoms with Gasteiger partial charge in [-0.05, 0) is 42.9 Å². The molecular formula is C22H20N4O4S2. The number of carbonyl (C=O) groups excluding carboxylic acids is 2. The number of anilines is 1. The molecule has 0 saturated carbocycles. The molecule has 3 aromatic heterocycles. The van der Waals surface area contributed by atoms with Gasteiger partial charge >= 0.3 is 6.09 Å². The smallest absolute Gasteiger partial charge is 0.407 e. The van der Waals surface area contributed by atoms with Crippen molar-refractivity contribution >= 4 is 45.8 Å². The van der Waals surface area contributed by atoms with Gasteiger partial charge in [-0.15, -0.1) is 22.7 Å². The summed E-state index contributed by atoms with van der Waals surface area (Å²) in [6.07, 6.45) is 4.10. The standard InChI is InChI=1S/C22H20N4O4S2/c1-13-9-14(26-30-13)12-24-22(28)29-15-4-6-17-18(11-23)21(32-19(17)10-15)25-20(27)7-5-16-3-2-8-31-16/h2-3,5,7-9,15H,4,6,10,12H2,1H3,(H,24,28)(H,25,27). The summed E-state index contributed by atoms with van der Waals surface area (Å²) in [5.41, 5.74) is 2.04. The number of aromatic nitrogens is 1. The second-order valence-electron chi connectivity index (χ2n) is 7.21. The van der Waals surface area contributed by atoms with Crippen LogP contribution in [0.25, 0.3) is 6.08 Å². The second-order valence-corrected chi connectivity index (χ2v) is 9.29. The average Bonchev–Trinajstić information content (AvgIpc) is 3.50. The summed E-state index contributed by atoms with van der Waals surface area (Å²) in [5.74, 6) is 0.384. The van der Waals surface area contributed by atoms with Crippen molar-refractivity contribution in [2.75, 3.05) is 5.32 Å². The summed E-state index contributed by atoms with van der Waals surface area (Å²) in [7, 11) is 0. The van der Waals surface area contributed by atoms with Gasteiger partial charge in [-0.25, -0.2) is 4.79 Å². The Labute approximate surface area is 192 Å². The van der Waals surface area contributed by atoms with Crippen LogP contribution in [0.3, 0.4) is 0 Å². The third-order valence-corrected chi connectivity index (χ3v) is 6.88. The molecule has 1 aliphatic rings. The summed E-state index contributed by atoms with van der Waals surface area (Å²) in [4.78, 5) is 26.4. The van der Waals surface area contributed by atoms with E-state index in [0.29, 0.717) is 41.3 Å². The highest BCUT2D eigenvalue weighted by Gasteiger charge is 2.28. The van der Waals surface area contributed by atoms with Crippen molar-refractivity contribution in [1.82, 2.24) is 10.5 Å². The summed E-state index contributed by atoms with van der Waals surface area (Å²) in [6.45, 7) is 2.00. The minimum atomic E-state index is -0.525. The minimum Gasteiger partial charge on any atom is -0.446 e. The van der Waals surface area contributed by atoms with Gasteiger partial charge < -0.3 is 19.9 Å². The molecule has 3 heterocycles. The molecule has 164 valence electrons. The lowest BCUT2D eigenvalue weighted by molar-refractivity contribution is -0.111. The number of hydrogen-bond acceptors (Lipinski definition) is 8. The Morgan fingerprint density at radius 1 is 1.47 bits per heavy atom. The fraction of sp³-hybridized carbons (Fsp3) is 0.273. The molecule has 0 aliphatic heterocycles. The van der Waals surface area contributed by atoms with Crippen molar-refractivity contribution < 1.29 is 18.8 Å². The van der Waals surface area contributed by atoms with Gasteiger partial charge in [0.15, 0.2) is 0 Å². The molecule has 8 nitrogen and oxygen atoms in total. The molecular weight excluding hydrogens is 448 g/mol. The number of thiophene rings is 2. The largest absolute Gasteiger partial charge is 0.446 e. The van der Waals surface area contributed by atoms with Crippen molar-refractivity contribution in [2.45, 2.75) is 38.8 Å². The molecule has 0 spiro atoms. The number of nitrogens with one attached hydrogen (secondary N) is 2. The number of carbonyl (C=O) groups is 2. The fourth-order valence-electron chi connectivity index (χ4n) is 3.42. The third-order valence-electron chi connectivity index (χ3n) is 4.88. The maximum Gasteiger partial charge on any atom is 0.407 e. The first-order valence-corrected chi connectivity index (χ1v) is 11.7. The van der Waals surface area contributed by atoms with Crippen molar-refractivity contribution in [3.05, 3.63) is 62.0 Å². The molecule has 32 heavy (non-hydrogen) atoms. The first-order chi connectivity index (χ1) is 15.5. The van der Waals surface area contributed by atoms with Crippen LogP contribution in [0.15, 0.2) is 34.2 Å². The van der Waals surface area contributed by atoms with Gasteiger partial charge in [0.2, 0.25) is 5.91 Å². The molecule has 1 aliphatic carbocycles. The van der Waals surface area contributed by atoms with Gasteiger partial charge in [-0.2, -0.15) is 5.26 Å². The molecule has 3 aromatic rings. The molecule has 0 fully saturated rings. The van der Waals surface area contributed by atoms with E-state index < -0.39 is 6.09 Å². The zero-order valence-corrected chi connectivity index (χ0v) is 18.8. The van der Waals surface area contributed by atoms with Crippen molar-refractivity contribution in [1.29, 1.82) is 5.26 Å². The van der Waals surface area contributed by atoms with E-state index in [1.807, 2.05) is 17.5 Å². The number of nitriles is 1. The van der Waals surface area contributed by atoms with Gasteiger partial charge in [0.25, 0.3) is 0 Å². The monoisotopic (exact) mass is 468 g/mol. The van der Waals surface area contributed by atoms with Gasteiger partial charge in [0.1, 0.15) is 28.6 Å². The predicted molar refractivity (Wildman–Crippen MR) is 121 cm³/mol. The molecule has 0 aromatic carbocycles. The van der Waals surface area contributed by atoms with E-state index >= 15 is 0 Å². The van der Waals surface area contributed by atoms with Crippen molar-refractivity contribution in [3.8, 4) is 6.07 Å². The van der Waals surface area contributed by atoms with Gasteiger partial charge in [0.05, 0.1) is 12.1 Å². The summed E-state index contributed by atoms with van der Waals surface area (Å²) < 4.78 is 10.5. The van der Waals surface area contributed by atoms with E-state index in [-0.39, 0.29) is 18.6 Å². The molecule has 0 bridgehead atoms. The molecule has 2 amide bonds. The summed E-state index contributed by atoms with van der Waals surface area (Å²) in [5, 5.41) is 21.4. The highest BCUT2D eigenvalue weighted by atomic mass is 32.1. The number of alkyl carbamates (subject to hydrolysis) is 1. The number of amides is 2. The molecule has 1 atom stereocenters. The van der Waals surface area contributed by atoms with Crippen LogP contribution in [-0.2, 0) is 28.9 Å². The number of hydrogen-bond donors (Lipinski definition) is 2. The number of nitrogens with zero attached hydrogens (tertiary/aromatic N) is 2. The normalized spacial score (nSPS) is 15.2. The Kier molecular flexibility index (Phi) is 6.68. The Morgan fingerprint density at radius 2 is 2.34 bits per heavy atom. The van der Waals surface area contributed by atoms with Crippen LogP contribution in [0.2, 0.25) is 0 Å². The lowest BCUT2D eigenvalue weighted by Crippen LogP contribution is -2.31. The molecule has 2 N–H and O–H groups in total. The van der Waals surface area contributed by atoms with Crippen LogP contribution >= 0.6 is 22.7 Å². The summed E-state index contributed by atoms with van der Waals surface area (Å²) in [6, 6.07) is 7.79. The second kappa shape index (κ2) is 9.80. The topological polar surface area (TPSA) is 117 Å². The SMILES string of the molecule is Cc1cc(CNC(=O)OC2CCc3c(sc(NC(=O)C=Cc4cccs4)c3C#N)C2)no1. The van der Waals surface area contributed by atoms with Crippen LogP contribution in [0.1, 0.15) is 38.8 Å². The first-order valence-electron chi connectivity index (χ1n) is 9.95. The Hall–Kier alpha value is -3.42. The highest BCUT2D eigenvalue weighted by Crippen LogP contribution is 2.38. The third kappa shape index (κ3) is 5.25. The van der Waals surface area contributed by atoms with E-state index in [9.17, 15) is 14.9 Å². The minimum absolute atomic E-state index is 0.223. The van der Waals surface area contributed by atoms with Crippen LogP contribution in [-0.4, -0.2) is 23.3 Å². The Bertz CT molecular complexity index is 1190. The molecule has 0 radical (unpaired) electrons. The maximum atomic E-state index is 12.3. The molecule has 1 unspecified atom stereocenters. The van der Waals surface area contributed by atoms with Crippen molar-refractivity contribution in [2.24, 2.45) is 0 Å². The lowest BCUT2D eigenvalue weighted by Gasteiger charge is -2.22. The number of aryl methyl sites for hydroxylation is 1. The zero-order valence-electron chi connectivity index (χ0n) is 17.2. The fourth-order valence-corrected chi connectivity index (χ4v) is 5.30. The lowest BCUT2D eigenvalue weighted by atomic mass is 9.94. The van der Waals surface area contributed by atoms with E-state index in [2.05, 4.69) is 21.9 Å².